The molecule has 2 aromatic rings. The molecule has 2 aromatic carbocycles. The average molecular weight is 312 g/mol. The fourth-order valence-corrected chi connectivity index (χ4v) is 4.67. The molecule has 2 heterocycles. The molecular formula is C18H16O3S. The molecule has 0 aliphatic carbocycles. The monoisotopic (exact) mass is 312 g/mol. The molecule has 0 aromatic heterocycles. The van der Waals surface area contributed by atoms with Gasteiger partial charge in [0.15, 0.2) is 0 Å². The van der Waals surface area contributed by atoms with Crippen molar-refractivity contribution in [3.8, 4) is 11.5 Å². The van der Waals surface area contributed by atoms with E-state index in [0.29, 0.717) is 5.75 Å². The predicted octanol–water partition coefficient (Wildman–Crippen LogP) is 3.99. The molecule has 3 nitrogen and oxygen atoms in total. The molecule has 0 bridgehead atoms. The second-order valence-electron chi connectivity index (χ2n) is 5.74. The Morgan fingerprint density at radius 3 is 2.86 bits per heavy atom. The quantitative estimate of drug-likeness (QED) is 0.589. The SMILES string of the molecule is COc1ccc2c(c1)CS[C@H]1c3cc(C)ccc3OC(=O)[C@@H]21. The minimum Gasteiger partial charge on any atom is -0.497 e. The van der Waals surface area contributed by atoms with Gasteiger partial charge in [0, 0.05) is 11.3 Å². The second kappa shape index (κ2) is 5.06. The van der Waals surface area contributed by atoms with E-state index < -0.39 is 0 Å². The molecule has 0 N–H and O–H groups in total. The van der Waals surface area contributed by atoms with Crippen LogP contribution in [0.4, 0.5) is 0 Å². The van der Waals surface area contributed by atoms with Gasteiger partial charge in [-0.05, 0) is 36.2 Å². The number of ether oxygens (including phenoxy) is 2. The van der Waals surface area contributed by atoms with Crippen LogP contribution in [0.15, 0.2) is 36.4 Å². The Bertz CT molecular complexity index is 769. The molecule has 0 fully saturated rings. The van der Waals surface area contributed by atoms with Crippen LogP contribution in [0.3, 0.4) is 0 Å². The van der Waals surface area contributed by atoms with Crippen LogP contribution < -0.4 is 9.47 Å². The summed E-state index contributed by atoms with van der Waals surface area (Å²) in [6, 6.07) is 12.0. The van der Waals surface area contributed by atoms with Gasteiger partial charge >= 0.3 is 5.97 Å². The van der Waals surface area contributed by atoms with Gasteiger partial charge in [-0.3, -0.25) is 4.79 Å². The number of esters is 1. The Hall–Kier alpha value is -1.94. The maximum Gasteiger partial charge on any atom is 0.320 e. The Labute approximate surface area is 133 Å². The van der Waals surface area contributed by atoms with E-state index in [4.69, 9.17) is 9.47 Å². The number of carbonyl (C=O) groups is 1. The maximum atomic E-state index is 12.5. The van der Waals surface area contributed by atoms with Crippen LogP contribution in [0.5, 0.6) is 11.5 Å². The Morgan fingerprint density at radius 1 is 1.18 bits per heavy atom. The first-order valence-electron chi connectivity index (χ1n) is 7.28. The van der Waals surface area contributed by atoms with E-state index in [1.807, 2.05) is 42.1 Å². The molecule has 112 valence electrons. The van der Waals surface area contributed by atoms with Gasteiger partial charge in [-0.15, -0.1) is 11.8 Å². The lowest BCUT2D eigenvalue weighted by Crippen LogP contribution is -2.31. The Balaban J connectivity index is 1.83. The summed E-state index contributed by atoms with van der Waals surface area (Å²) >= 11 is 1.81. The average Bonchev–Trinajstić information content (AvgIpc) is 2.54. The van der Waals surface area contributed by atoms with E-state index in [1.165, 1.54) is 11.1 Å². The molecule has 2 atom stereocenters. The van der Waals surface area contributed by atoms with Crippen molar-refractivity contribution in [1.82, 2.24) is 0 Å². The molecule has 0 spiro atoms. The second-order valence-corrected chi connectivity index (χ2v) is 6.87. The number of hydrogen-bond acceptors (Lipinski definition) is 4. The fraction of sp³-hybridized carbons (Fsp3) is 0.278. The third kappa shape index (κ3) is 2.02. The van der Waals surface area contributed by atoms with Gasteiger partial charge in [0.2, 0.25) is 0 Å². The highest BCUT2D eigenvalue weighted by Crippen LogP contribution is 2.54. The van der Waals surface area contributed by atoms with Crippen LogP contribution in [0.25, 0.3) is 0 Å². The van der Waals surface area contributed by atoms with Crippen molar-refractivity contribution in [3.05, 3.63) is 58.7 Å². The highest BCUT2D eigenvalue weighted by atomic mass is 32.2. The lowest BCUT2D eigenvalue weighted by Gasteiger charge is -2.36. The van der Waals surface area contributed by atoms with Gasteiger partial charge < -0.3 is 9.47 Å². The largest absolute Gasteiger partial charge is 0.497 e. The van der Waals surface area contributed by atoms with Gasteiger partial charge in [0.05, 0.1) is 18.3 Å². The standard InChI is InChI=1S/C18H16O3S/c1-10-3-6-15-14(7-10)17-16(18(19)21-15)13-5-4-12(20-2)8-11(13)9-22-17/h3-8,16-17H,9H2,1-2H3/t16-,17-/m0/s1. The van der Waals surface area contributed by atoms with Crippen molar-refractivity contribution in [2.75, 3.05) is 7.11 Å². The minimum absolute atomic E-state index is 0.136. The van der Waals surface area contributed by atoms with Gasteiger partial charge in [0.25, 0.3) is 0 Å². The molecule has 2 aliphatic rings. The number of aryl methyl sites for hydroxylation is 1. The zero-order valence-corrected chi connectivity index (χ0v) is 13.3. The molecule has 0 saturated carbocycles. The molecule has 4 rings (SSSR count). The number of carbonyl (C=O) groups excluding carboxylic acids is 1. The minimum atomic E-state index is -0.228. The van der Waals surface area contributed by atoms with Gasteiger partial charge in [0.1, 0.15) is 11.5 Å². The van der Waals surface area contributed by atoms with Crippen LogP contribution in [0.2, 0.25) is 0 Å². The molecular weight excluding hydrogens is 296 g/mol. The first-order chi connectivity index (χ1) is 10.7. The molecule has 0 saturated heterocycles. The van der Waals surface area contributed by atoms with Crippen molar-refractivity contribution in [3.63, 3.8) is 0 Å². The Kier molecular flexibility index (Phi) is 3.15. The normalized spacial score (nSPS) is 22.2. The van der Waals surface area contributed by atoms with Gasteiger partial charge in [-0.2, -0.15) is 0 Å². The number of hydrogen-bond donors (Lipinski definition) is 0. The maximum absolute atomic E-state index is 12.5. The smallest absolute Gasteiger partial charge is 0.320 e. The van der Waals surface area contributed by atoms with E-state index in [2.05, 4.69) is 13.0 Å². The molecule has 0 radical (unpaired) electrons. The first kappa shape index (κ1) is 13.7. The van der Waals surface area contributed by atoms with Crippen LogP contribution in [-0.4, -0.2) is 13.1 Å². The lowest BCUT2D eigenvalue weighted by molar-refractivity contribution is -0.137. The van der Waals surface area contributed by atoms with E-state index >= 15 is 0 Å². The summed E-state index contributed by atoms with van der Waals surface area (Å²) < 4.78 is 10.9. The van der Waals surface area contributed by atoms with Crippen molar-refractivity contribution < 1.29 is 14.3 Å². The highest BCUT2D eigenvalue weighted by molar-refractivity contribution is 7.98. The number of rotatable bonds is 1. The third-order valence-corrected chi connectivity index (χ3v) is 5.71. The predicted molar refractivity (Wildman–Crippen MR) is 86.6 cm³/mol. The van der Waals surface area contributed by atoms with Gasteiger partial charge in [-0.25, -0.2) is 0 Å². The summed E-state index contributed by atoms with van der Waals surface area (Å²) in [4.78, 5) is 12.5. The van der Waals surface area contributed by atoms with Crippen LogP contribution in [0, 0.1) is 6.92 Å². The van der Waals surface area contributed by atoms with E-state index in [0.717, 1.165) is 22.6 Å². The number of benzene rings is 2. The van der Waals surface area contributed by atoms with Crippen molar-refractivity contribution in [2.24, 2.45) is 0 Å². The Morgan fingerprint density at radius 2 is 2.05 bits per heavy atom. The van der Waals surface area contributed by atoms with E-state index in [1.54, 1.807) is 7.11 Å². The summed E-state index contributed by atoms with van der Waals surface area (Å²) in [5, 5.41) is 0.136. The summed E-state index contributed by atoms with van der Waals surface area (Å²) in [7, 11) is 1.66. The molecule has 2 aliphatic heterocycles. The number of methoxy groups -OCH3 is 1. The zero-order valence-electron chi connectivity index (χ0n) is 12.5. The van der Waals surface area contributed by atoms with Crippen molar-refractivity contribution >= 4 is 17.7 Å². The summed E-state index contributed by atoms with van der Waals surface area (Å²) in [6.07, 6.45) is 0. The summed E-state index contributed by atoms with van der Waals surface area (Å²) in [5.41, 5.74) is 4.56. The van der Waals surface area contributed by atoms with E-state index in [9.17, 15) is 4.79 Å². The number of thioether (sulfide) groups is 1. The molecule has 22 heavy (non-hydrogen) atoms. The first-order valence-corrected chi connectivity index (χ1v) is 8.33. The van der Waals surface area contributed by atoms with Crippen molar-refractivity contribution in [2.45, 2.75) is 23.8 Å². The van der Waals surface area contributed by atoms with Crippen LogP contribution in [-0.2, 0) is 10.5 Å². The lowest BCUT2D eigenvalue weighted by atomic mass is 9.85. The zero-order chi connectivity index (χ0) is 15.3. The summed E-state index contributed by atoms with van der Waals surface area (Å²) in [5.74, 6) is 2.04. The van der Waals surface area contributed by atoms with Crippen LogP contribution in [0.1, 0.15) is 33.4 Å². The fourth-order valence-electron chi connectivity index (χ4n) is 3.25. The highest BCUT2D eigenvalue weighted by Gasteiger charge is 2.42. The third-order valence-electron chi connectivity index (χ3n) is 4.34. The number of fused-ring (bicyclic) bond motifs is 5. The summed E-state index contributed by atoms with van der Waals surface area (Å²) in [6.45, 7) is 2.07. The van der Waals surface area contributed by atoms with Crippen LogP contribution >= 0.6 is 11.8 Å². The molecule has 4 heteroatoms. The topological polar surface area (TPSA) is 35.5 Å². The molecule has 0 amide bonds. The van der Waals surface area contributed by atoms with E-state index in [-0.39, 0.29) is 17.1 Å². The van der Waals surface area contributed by atoms with Gasteiger partial charge in [-0.1, -0.05) is 23.8 Å². The van der Waals surface area contributed by atoms with Crippen molar-refractivity contribution in [1.29, 1.82) is 0 Å². The molecule has 0 unspecified atom stereocenters.